The van der Waals surface area contributed by atoms with Gasteiger partial charge in [0.05, 0.1) is 11.4 Å². The quantitative estimate of drug-likeness (QED) is 0.137. The molecule has 0 aliphatic carbocycles. The number of aryl methyl sites for hydroxylation is 2. The first kappa shape index (κ1) is 28.0. The van der Waals surface area contributed by atoms with E-state index in [1.807, 2.05) is 24.3 Å². The zero-order chi connectivity index (χ0) is 30.2. The van der Waals surface area contributed by atoms with Gasteiger partial charge in [0.25, 0.3) is 0 Å². The van der Waals surface area contributed by atoms with Crippen LogP contribution >= 0.6 is 23.2 Å². The molecule has 0 amide bonds. The summed E-state index contributed by atoms with van der Waals surface area (Å²) < 4.78 is 0. The van der Waals surface area contributed by atoms with Crippen LogP contribution in [0.15, 0.2) is 146 Å². The number of fused-ring (bicyclic) bond motifs is 3. The van der Waals surface area contributed by atoms with Crippen molar-refractivity contribution in [2.75, 3.05) is 9.80 Å². The Morgan fingerprint density at radius 3 is 0.932 bits per heavy atom. The van der Waals surface area contributed by atoms with Crippen LogP contribution in [0.5, 0.6) is 0 Å². The van der Waals surface area contributed by atoms with E-state index in [4.69, 9.17) is 23.2 Å². The molecule has 0 aliphatic rings. The number of hydrogen-bond donors (Lipinski definition) is 0. The lowest BCUT2D eigenvalue weighted by molar-refractivity contribution is 1.24. The van der Waals surface area contributed by atoms with E-state index < -0.39 is 0 Å². The summed E-state index contributed by atoms with van der Waals surface area (Å²) in [7, 11) is 0. The van der Waals surface area contributed by atoms with Crippen molar-refractivity contribution in [2.24, 2.45) is 0 Å². The van der Waals surface area contributed by atoms with E-state index in [1.165, 1.54) is 21.9 Å². The van der Waals surface area contributed by atoms with Gasteiger partial charge in [-0.2, -0.15) is 0 Å². The van der Waals surface area contributed by atoms with Crippen molar-refractivity contribution < 1.29 is 0 Å². The first-order chi connectivity index (χ1) is 21.5. The molecule has 2 nitrogen and oxygen atoms in total. The molecule has 0 aliphatic heterocycles. The van der Waals surface area contributed by atoms with Crippen LogP contribution < -0.4 is 9.80 Å². The number of rotatable bonds is 6. The van der Waals surface area contributed by atoms with E-state index in [0.717, 1.165) is 44.9 Å². The lowest BCUT2D eigenvalue weighted by Gasteiger charge is -2.35. The lowest BCUT2D eigenvalue weighted by atomic mass is 9.95. The van der Waals surface area contributed by atoms with Gasteiger partial charge >= 0.3 is 0 Å². The summed E-state index contributed by atoms with van der Waals surface area (Å²) in [4.78, 5) is 4.72. The highest BCUT2D eigenvalue weighted by atomic mass is 35.5. The van der Waals surface area contributed by atoms with Crippen LogP contribution in [0.1, 0.15) is 11.1 Å². The SMILES string of the molecule is Cc1ccc(N(c2ccc(Cl)cc2)c2c(N(c3ccc(C)cc3)c3ccc(Cl)cc3)c3ccccc3c3ccccc23)cc1. The highest BCUT2D eigenvalue weighted by Gasteiger charge is 2.27. The van der Waals surface area contributed by atoms with Crippen LogP contribution in [0.2, 0.25) is 10.0 Å². The van der Waals surface area contributed by atoms with Gasteiger partial charge in [-0.1, -0.05) is 107 Å². The molecule has 0 unspecified atom stereocenters. The average Bonchev–Trinajstić information content (AvgIpc) is 3.05. The van der Waals surface area contributed by atoms with Crippen LogP contribution in [-0.4, -0.2) is 0 Å². The van der Waals surface area contributed by atoms with E-state index >= 15 is 0 Å². The predicted octanol–water partition coefficient (Wildman–Crippen LogP) is 12.9. The summed E-state index contributed by atoms with van der Waals surface area (Å²) in [6, 6.07) is 51.0. The monoisotopic (exact) mass is 608 g/mol. The highest BCUT2D eigenvalue weighted by molar-refractivity contribution is 6.31. The van der Waals surface area contributed by atoms with E-state index in [0.29, 0.717) is 10.0 Å². The Bertz CT molecular complexity index is 1840. The van der Waals surface area contributed by atoms with E-state index in [1.54, 1.807) is 0 Å². The molecule has 0 N–H and O–H groups in total. The van der Waals surface area contributed by atoms with Gasteiger partial charge < -0.3 is 9.80 Å². The molecule has 0 radical (unpaired) electrons. The molecule has 0 atom stereocenters. The fraction of sp³-hybridized carbons (Fsp3) is 0.0500. The average molecular weight is 610 g/mol. The molecule has 0 saturated carbocycles. The molecule has 44 heavy (non-hydrogen) atoms. The van der Waals surface area contributed by atoms with Crippen molar-refractivity contribution in [3.63, 3.8) is 0 Å². The molecular weight excluding hydrogens is 579 g/mol. The molecule has 0 heterocycles. The van der Waals surface area contributed by atoms with Crippen LogP contribution in [-0.2, 0) is 0 Å². The van der Waals surface area contributed by atoms with Gasteiger partial charge in [0.2, 0.25) is 0 Å². The second-order valence-electron chi connectivity index (χ2n) is 11.1. The van der Waals surface area contributed by atoms with Crippen molar-refractivity contribution in [1.29, 1.82) is 0 Å². The zero-order valence-electron chi connectivity index (χ0n) is 24.5. The largest absolute Gasteiger partial charge is 0.308 e. The Kier molecular flexibility index (Phi) is 7.47. The third-order valence-corrected chi connectivity index (χ3v) is 8.58. The van der Waals surface area contributed by atoms with Crippen molar-refractivity contribution in [2.45, 2.75) is 13.8 Å². The number of nitrogens with zero attached hydrogens (tertiary/aromatic N) is 2. The van der Waals surface area contributed by atoms with Crippen LogP contribution in [0.25, 0.3) is 21.5 Å². The maximum atomic E-state index is 6.43. The second kappa shape index (κ2) is 11.7. The van der Waals surface area contributed by atoms with E-state index in [9.17, 15) is 0 Å². The van der Waals surface area contributed by atoms with Crippen LogP contribution in [0.3, 0.4) is 0 Å². The smallest absolute Gasteiger partial charge is 0.0788 e. The molecule has 0 aromatic heterocycles. The van der Waals surface area contributed by atoms with Gasteiger partial charge in [0, 0.05) is 43.6 Å². The predicted molar refractivity (Wildman–Crippen MR) is 190 cm³/mol. The number of hydrogen-bond acceptors (Lipinski definition) is 2. The maximum Gasteiger partial charge on any atom is 0.0788 e. The Balaban J connectivity index is 1.67. The molecule has 7 aromatic rings. The Labute approximate surface area is 268 Å². The van der Waals surface area contributed by atoms with Gasteiger partial charge in [-0.3, -0.25) is 0 Å². The summed E-state index contributed by atoms with van der Waals surface area (Å²) in [5, 5.41) is 6.05. The molecule has 0 bridgehead atoms. The molecular formula is C40H30Cl2N2. The third kappa shape index (κ3) is 5.17. The highest BCUT2D eigenvalue weighted by Crippen LogP contribution is 2.53. The molecule has 0 saturated heterocycles. The first-order valence-corrected chi connectivity index (χ1v) is 15.4. The van der Waals surface area contributed by atoms with Crippen molar-refractivity contribution in [1.82, 2.24) is 0 Å². The Hall–Kier alpha value is -4.76. The second-order valence-corrected chi connectivity index (χ2v) is 12.0. The van der Waals surface area contributed by atoms with Gasteiger partial charge in [0.1, 0.15) is 0 Å². The topological polar surface area (TPSA) is 6.48 Å². The normalized spacial score (nSPS) is 11.2. The number of benzene rings is 7. The van der Waals surface area contributed by atoms with Crippen molar-refractivity contribution >= 4 is 78.9 Å². The summed E-state index contributed by atoms with van der Waals surface area (Å²) in [5.41, 5.74) is 8.69. The van der Waals surface area contributed by atoms with Crippen LogP contribution in [0.4, 0.5) is 34.1 Å². The van der Waals surface area contributed by atoms with Gasteiger partial charge in [0.15, 0.2) is 0 Å². The minimum absolute atomic E-state index is 0.698. The fourth-order valence-electron chi connectivity index (χ4n) is 5.94. The number of halogens is 2. The Morgan fingerprint density at radius 1 is 0.341 bits per heavy atom. The van der Waals surface area contributed by atoms with Crippen molar-refractivity contribution in [3.05, 3.63) is 167 Å². The summed E-state index contributed by atoms with van der Waals surface area (Å²) in [6.07, 6.45) is 0. The molecule has 0 spiro atoms. The number of anilines is 6. The zero-order valence-corrected chi connectivity index (χ0v) is 26.0. The van der Waals surface area contributed by atoms with Crippen molar-refractivity contribution in [3.8, 4) is 0 Å². The minimum Gasteiger partial charge on any atom is -0.308 e. The van der Waals surface area contributed by atoms with E-state index in [2.05, 4.69) is 145 Å². The fourth-order valence-corrected chi connectivity index (χ4v) is 6.19. The molecule has 7 rings (SSSR count). The first-order valence-electron chi connectivity index (χ1n) is 14.7. The van der Waals surface area contributed by atoms with Crippen LogP contribution in [0, 0.1) is 13.8 Å². The van der Waals surface area contributed by atoms with Gasteiger partial charge in [-0.05, 0) is 97.4 Å². The molecule has 7 aromatic carbocycles. The molecule has 4 heteroatoms. The standard InChI is InChI=1S/C40H30Cl2N2/c1-27-11-19-31(20-12-27)43(33-23-15-29(41)16-24-33)39-37-9-5-3-7-35(37)36-8-4-6-10-38(36)40(39)44(32-21-13-28(2)14-22-32)34-25-17-30(42)18-26-34/h3-26H,1-2H3. The van der Waals surface area contributed by atoms with Gasteiger partial charge in [-0.25, -0.2) is 0 Å². The molecule has 214 valence electrons. The van der Waals surface area contributed by atoms with Gasteiger partial charge in [-0.15, -0.1) is 0 Å². The molecule has 0 fully saturated rings. The third-order valence-electron chi connectivity index (χ3n) is 8.08. The lowest BCUT2D eigenvalue weighted by Crippen LogP contribution is -2.18. The Morgan fingerprint density at radius 2 is 0.614 bits per heavy atom. The van der Waals surface area contributed by atoms with E-state index in [-0.39, 0.29) is 0 Å². The summed E-state index contributed by atoms with van der Waals surface area (Å²) >= 11 is 12.9. The maximum absolute atomic E-state index is 6.43. The summed E-state index contributed by atoms with van der Waals surface area (Å²) in [6.45, 7) is 4.24. The summed E-state index contributed by atoms with van der Waals surface area (Å²) in [5.74, 6) is 0. The minimum atomic E-state index is 0.698.